The van der Waals surface area contributed by atoms with Crippen LogP contribution in [0.4, 0.5) is 0 Å². The third kappa shape index (κ3) is 7.19. The van der Waals surface area contributed by atoms with E-state index in [0.29, 0.717) is 75.9 Å². The average molecular weight is 744 g/mol. The Labute approximate surface area is 314 Å². The smallest absolute Gasteiger partial charge is 0.252 e. The van der Waals surface area contributed by atoms with E-state index in [4.69, 9.17) is 47.4 Å². The molecule has 13 nitrogen and oxygen atoms in total. The number of fused-ring (bicyclic) bond motifs is 2. The van der Waals surface area contributed by atoms with Crippen molar-refractivity contribution >= 4 is 17.6 Å². The van der Waals surface area contributed by atoms with Crippen molar-refractivity contribution in [3.05, 3.63) is 82.4 Å². The Kier molecular flexibility index (Phi) is 11.5. The quantitative estimate of drug-likeness (QED) is 0.109. The van der Waals surface area contributed by atoms with E-state index in [-0.39, 0.29) is 30.0 Å². The molecule has 2 aliphatic rings. The van der Waals surface area contributed by atoms with Crippen molar-refractivity contribution < 1.29 is 57.3 Å². The summed E-state index contributed by atoms with van der Waals surface area (Å²) >= 11 is 0. The highest BCUT2D eigenvalue weighted by atomic mass is 16.7. The van der Waals surface area contributed by atoms with Crippen LogP contribution >= 0.6 is 0 Å². The van der Waals surface area contributed by atoms with Gasteiger partial charge in [0.25, 0.3) is 5.91 Å². The third-order valence-electron chi connectivity index (χ3n) is 9.79. The Morgan fingerprint density at radius 2 is 1.28 bits per heavy atom. The highest BCUT2D eigenvalue weighted by Crippen LogP contribution is 2.52. The number of phenolic OH excluding ortho intramolecular Hbond substituents is 1. The van der Waals surface area contributed by atoms with Crippen LogP contribution in [0.15, 0.2) is 54.6 Å². The molecule has 4 aromatic carbocycles. The van der Waals surface area contributed by atoms with E-state index >= 15 is 0 Å². The number of aromatic hydroxyl groups is 1. The molecule has 0 spiro atoms. The monoisotopic (exact) mass is 743 g/mol. The number of rotatable bonds is 14. The number of nitrogens with one attached hydrogen (secondary N) is 1. The van der Waals surface area contributed by atoms with Crippen LogP contribution in [-0.2, 0) is 9.53 Å². The second-order valence-electron chi connectivity index (χ2n) is 12.7. The normalized spacial score (nSPS) is 17.3. The summed E-state index contributed by atoms with van der Waals surface area (Å²) in [5.41, 5.74) is 4.00. The number of ether oxygens (including phenoxy) is 10. The zero-order valence-corrected chi connectivity index (χ0v) is 31.6. The first-order chi connectivity index (χ1) is 26.2. The van der Waals surface area contributed by atoms with Crippen LogP contribution in [0.5, 0.6) is 57.5 Å². The van der Waals surface area contributed by atoms with E-state index in [9.17, 15) is 9.90 Å². The van der Waals surface area contributed by atoms with Gasteiger partial charge in [-0.2, -0.15) is 0 Å². The van der Waals surface area contributed by atoms with Crippen LogP contribution in [0.3, 0.4) is 0 Å². The lowest BCUT2D eigenvalue weighted by Gasteiger charge is -2.39. The molecule has 0 aromatic heterocycles. The van der Waals surface area contributed by atoms with Gasteiger partial charge in [0.1, 0.15) is 0 Å². The van der Waals surface area contributed by atoms with Crippen LogP contribution < -0.4 is 47.9 Å². The number of carbonyl (C=O) groups is 1. The first kappa shape index (κ1) is 37.8. The Morgan fingerprint density at radius 3 is 1.80 bits per heavy atom. The predicted octanol–water partition coefficient (Wildman–Crippen LogP) is 6.38. The van der Waals surface area contributed by atoms with Gasteiger partial charge in [-0.1, -0.05) is 6.07 Å². The van der Waals surface area contributed by atoms with Gasteiger partial charge in [-0.3, -0.25) is 4.79 Å². The summed E-state index contributed by atoms with van der Waals surface area (Å²) < 4.78 is 56.7. The lowest BCUT2D eigenvalue weighted by atomic mass is 9.71. The summed E-state index contributed by atoms with van der Waals surface area (Å²) in [6.45, 7) is 0.406. The van der Waals surface area contributed by atoms with Crippen LogP contribution in [0, 0.1) is 5.92 Å². The minimum absolute atomic E-state index is 0.0776. The first-order valence-corrected chi connectivity index (χ1v) is 17.1. The summed E-state index contributed by atoms with van der Waals surface area (Å²) in [5.74, 6) is 3.26. The number of benzene rings is 4. The highest BCUT2D eigenvalue weighted by Gasteiger charge is 2.39. The Morgan fingerprint density at radius 1 is 0.722 bits per heavy atom. The van der Waals surface area contributed by atoms with E-state index in [2.05, 4.69) is 5.32 Å². The van der Waals surface area contributed by atoms with Crippen molar-refractivity contribution in [1.82, 2.24) is 5.32 Å². The molecule has 2 N–H and O–H groups in total. The van der Waals surface area contributed by atoms with E-state index in [1.54, 1.807) is 58.8 Å². The molecule has 54 heavy (non-hydrogen) atoms. The van der Waals surface area contributed by atoms with Crippen molar-refractivity contribution in [2.75, 3.05) is 70.3 Å². The van der Waals surface area contributed by atoms with E-state index < -0.39 is 11.9 Å². The molecule has 4 aromatic rings. The van der Waals surface area contributed by atoms with Crippen LogP contribution in [0.2, 0.25) is 0 Å². The molecule has 0 saturated carbocycles. The molecule has 1 heterocycles. The van der Waals surface area contributed by atoms with Gasteiger partial charge in [-0.15, -0.1) is 0 Å². The largest absolute Gasteiger partial charge is 0.504 e. The van der Waals surface area contributed by atoms with Gasteiger partial charge in [-0.25, -0.2) is 0 Å². The molecule has 13 heteroatoms. The number of hydrogen-bond acceptors (Lipinski definition) is 12. The SMILES string of the molecule is COCC1CC(c2cc(OC)c(OC)c(OC)c2)c2cc3c(cc2C1NC(=O)C(=Cc1ccc(OC)c(O)c1)c1cc(OC)c(OC)c(OC)c1)OCO3. The molecule has 0 bridgehead atoms. The number of carbonyl (C=O) groups excluding carboxylic acids is 1. The number of methoxy groups -OCH3 is 8. The van der Waals surface area contributed by atoms with E-state index in [0.717, 1.165) is 16.7 Å². The fourth-order valence-corrected chi connectivity index (χ4v) is 7.26. The molecule has 0 fully saturated rings. The maximum Gasteiger partial charge on any atom is 0.252 e. The second-order valence-corrected chi connectivity index (χ2v) is 12.7. The molecule has 1 aliphatic heterocycles. The van der Waals surface area contributed by atoms with Crippen molar-refractivity contribution in [3.8, 4) is 57.5 Å². The summed E-state index contributed by atoms with van der Waals surface area (Å²) in [4.78, 5) is 14.8. The second kappa shape index (κ2) is 16.4. The number of hydrogen-bond donors (Lipinski definition) is 2. The summed E-state index contributed by atoms with van der Waals surface area (Å²) in [5, 5.41) is 14.0. The lowest BCUT2D eigenvalue weighted by molar-refractivity contribution is -0.116. The van der Waals surface area contributed by atoms with Gasteiger partial charge in [0.05, 0.1) is 62.4 Å². The highest BCUT2D eigenvalue weighted by molar-refractivity contribution is 6.24. The fraction of sp³-hybridized carbons (Fsp3) is 0.341. The van der Waals surface area contributed by atoms with Crippen LogP contribution in [0.1, 0.15) is 46.2 Å². The molecule has 1 aliphatic carbocycles. The van der Waals surface area contributed by atoms with E-state index in [1.165, 1.54) is 34.5 Å². The van der Waals surface area contributed by atoms with Crippen molar-refractivity contribution in [1.29, 1.82) is 0 Å². The summed E-state index contributed by atoms with van der Waals surface area (Å²) in [6, 6.07) is 15.6. The van der Waals surface area contributed by atoms with Crippen LogP contribution in [-0.4, -0.2) is 81.3 Å². The molecule has 3 atom stereocenters. The average Bonchev–Trinajstić information content (AvgIpc) is 3.66. The summed E-state index contributed by atoms with van der Waals surface area (Å²) in [7, 11) is 12.4. The minimum Gasteiger partial charge on any atom is -0.504 e. The molecular formula is C41H45NO12. The standard InChI is InChI=1S/C41H45NO12/c1-45-20-25-13-26(23-14-34(47-3)39(51-7)35(15-23)48-4)28-18-32-33(54-21-53-32)19-29(28)38(25)42-41(44)27(11-22-9-10-31(46-2)30(43)12-22)24-16-36(49-5)40(52-8)37(17-24)50-6/h9-12,14-19,25-26,38,43H,13,20-21H2,1-8H3,(H,42,44). The van der Waals surface area contributed by atoms with Gasteiger partial charge in [-0.05, 0) is 88.8 Å². The minimum atomic E-state index is -0.532. The first-order valence-electron chi connectivity index (χ1n) is 17.1. The summed E-state index contributed by atoms with van der Waals surface area (Å²) in [6.07, 6.45) is 2.27. The van der Waals surface area contributed by atoms with Gasteiger partial charge >= 0.3 is 0 Å². The number of amides is 1. The molecule has 3 unspecified atom stereocenters. The van der Waals surface area contributed by atoms with Crippen molar-refractivity contribution in [3.63, 3.8) is 0 Å². The number of phenols is 1. The van der Waals surface area contributed by atoms with Gasteiger partial charge in [0.2, 0.25) is 18.3 Å². The Bertz CT molecular complexity index is 1990. The zero-order valence-electron chi connectivity index (χ0n) is 31.6. The topological polar surface area (TPSA) is 142 Å². The molecule has 6 rings (SSSR count). The maximum absolute atomic E-state index is 14.8. The molecule has 0 saturated heterocycles. The van der Waals surface area contributed by atoms with Crippen molar-refractivity contribution in [2.24, 2.45) is 5.92 Å². The fourth-order valence-electron chi connectivity index (χ4n) is 7.26. The Hall–Kier alpha value is -5.95. The molecule has 286 valence electrons. The third-order valence-corrected chi connectivity index (χ3v) is 9.79. The van der Waals surface area contributed by atoms with Crippen molar-refractivity contribution in [2.45, 2.75) is 18.4 Å². The van der Waals surface area contributed by atoms with Crippen LogP contribution in [0.25, 0.3) is 11.6 Å². The van der Waals surface area contributed by atoms with E-state index in [1.807, 2.05) is 24.3 Å². The van der Waals surface area contributed by atoms with Gasteiger partial charge in [0.15, 0.2) is 46.0 Å². The van der Waals surface area contributed by atoms with Gasteiger partial charge in [0, 0.05) is 24.5 Å². The Balaban J connectivity index is 1.50. The zero-order chi connectivity index (χ0) is 38.5. The predicted molar refractivity (Wildman–Crippen MR) is 200 cm³/mol. The molecule has 1 amide bonds. The van der Waals surface area contributed by atoms with Gasteiger partial charge < -0.3 is 57.8 Å². The lowest BCUT2D eigenvalue weighted by Crippen LogP contribution is -2.39. The molecule has 0 radical (unpaired) electrons. The molecular weight excluding hydrogens is 698 g/mol. The maximum atomic E-state index is 14.8.